The van der Waals surface area contributed by atoms with E-state index >= 15 is 0 Å². The van der Waals surface area contributed by atoms with Crippen molar-refractivity contribution in [1.82, 2.24) is 10.2 Å². The van der Waals surface area contributed by atoms with Gasteiger partial charge in [-0.2, -0.15) is 0 Å². The molecule has 0 radical (unpaired) electrons. The first-order valence-electron chi connectivity index (χ1n) is 12.6. The first-order chi connectivity index (χ1) is 18.3. The lowest BCUT2D eigenvalue weighted by atomic mass is 10.0. The zero-order valence-electron chi connectivity index (χ0n) is 22.3. The van der Waals surface area contributed by atoms with E-state index in [1.54, 1.807) is 36.4 Å². The van der Waals surface area contributed by atoms with Crippen LogP contribution in [0.25, 0.3) is 0 Å². The molecule has 2 amide bonds. The number of halogens is 1. The van der Waals surface area contributed by atoms with E-state index in [0.29, 0.717) is 22.8 Å². The number of hydrogen-bond donors (Lipinski definition) is 1. The van der Waals surface area contributed by atoms with Gasteiger partial charge in [-0.05, 0) is 25.0 Å². The molecule has 3 rings (SSSR count). The van der Waals surface area contributed by atoms with Gasteiger partial charge < -0.3 is 24.4 Å². The molecule has 0 aromatic heterocycles. The molecule has 7 nitrogen and oxygen atoms in total. The van der Waals surface area contributed by atoms with Gasteiger partial charge >= 0.3 is 0 Å². The van der Waals surface area contributed by atoms with Crippen molar-refractivity contribution in [2.45, 2.75) is 45.3 Å². The van der Waals surface area contributed by atoms with Crippen LogP contribution >= 0.6 is 0 Å². The molecule has 0 spiro atoms. The van der Waals surface area contributed by atoms with E-state index in [1.807, 2.05) is 44.2 Å². The molecule has 0 aliphatic carbocycles. The molecule has 0 fully saturated rings. The van der Waals surface area contributed by atoms with E-state index in [9.17, 15) is 14.0 Å². The molecule has 1 N–H and O–H groups in total. The standard InChI is InChI=1S/C30H35FN2O5/c1-5-21(2)32-30(35)28(15-22-11-7-6-8-12-22)33(19-23-13-9-10-14-27(23)31)29(34)20-38-26-17-24(36-3)16-25(18-26)37-4/h6-14,16-18,21,28H,5,15,19-20H2,1-4H3,(H,32,35)/t21-,28-/m0/s1. The fourth-order valence-electron chi connectivity index (χ4n) is 3.90. The molecular formula is C30H35FN2O5. The Morgan fingerprint density at radius 1 is 0.921 bits per heavy atom. The van der Waals surface area contributed by atoms with E-state index in [0.717, 1.165) is 12.0 Å². The quantitative estimate of drug-likeness (QED) is 0.350. The normalized spacial score (nSPS) is 12.2. The van der Waals surface area contributed by atoms with Gasteiger partial charge in [0, 0.05) is 42.8 Å². The molecule has 0 aliphatic rings. The van der Waals surface area contributed by atoms with E-state index < -0.39 is 17.8 Å². The highest BCUT2D eigenvalue weighted by atomic mass is 19.1. The third kappa shape index (κ3) is 7.96. The van der Waals surface area contributed by atoms with Crippen molar-refractivity contribution in [2.75, 3.05) is 20.8 Å². The van der Waals surface area contributed by atoms with E-state index in [2.05, 4.69) is 5.32 Å². The van der Waals surface area contributed by atoms with Gasteiger partial charge in [-0.25, -0.2) is 4.39 Å². The third-order valence-electron chi connectivity index (χ3n) is 6.26. The maximum Gasteiger partial charge on any atom is 0.261 e. The number of ether oxygens (including phenoxy) is 3. The van der Waals surface area contributed by atoms with Gasteiger partial charge in [-0.3, -0.25) is 9.59 Å². The van der Waals surface area contributed by atoms with Crippen molar-refractivity contribution in [2.24, 2.45) is 0 Å². The Morgan fingerprint density at radius 3 is 2.13 bits per heavy atom. The summed E-state index contributed by atoms with van der Waals surface area (Å²) >= 11 is 0. The van der Waals surface area contributed by atoms with Crippen LogP contribution in [-0.2, 0) is 22.6 Å². The molecule has 0 saturated heterocycles. The molecule has 2 atom stereocenters. The molecule has 0 unspecified atom stereocenters. The monoisotopic (exact) mass is 522 g/mol. The lowest BCUT2D eigenvalue weighted by Crippen LogP contribution is -2.53. The summed E-state index contributed by atoms with van der Waals surface area (Å²) in [7, 11) is 3.04. The van der Waals surface area contributed by atoms with E-state index in [4.69, 9.17) is 14.2 Å². The van der Waals surface area contributed by atoms with Crippen molar-refractivity contribution in [3.8, 4) is 17.2 Å². The fraction of sp³-hybridized carbons (Fsp3) is 0.333. The Hall–Kier alpha value is -4.07. The van der Waals surface area contributed by atoms with Crippen LogP contribution < -0.4 is 19.5 Å². The first kappa shape index (κ1) is 28.5. The molecular weight excluding hydrogens is 487 g/mol. The summed E-state index contributed by atoms with van der Waals surface area (Å²) in [5.41, 5.74) is 1.18. The van der Waals surface area contributed by atoms with Gasteiger partial charge in [0.1, 0.15) is 29.1 Å². The summed E-state index contributed by atoms with van der Waals surface area (Å²) in [6.45, 7) is 3.41. The average molecular weight is 523 g/mol. The maximum absolute atomic E-state index is 14.7. The van der Waals surface area contributed by atoms with Crippen LogP contribution in [0.3, 0.4) is 0 Å². The Bertz CT molecular complexity index is 1180. The van der Waals surface area contributed by atoms with Gasteiger partial charge in [0.05, 0.1) is 14.2 Å². The average Bonchev–Trinajstić information content (AvgIpc) is 2.94. The van der Waals surface area contributed by atoms with E-state index in [1.165, 1.54) is 25.2 Å². The number of nitrogens with one attached hydrogen (secondary N) is 1. The predicted molar refractivity (Wildman–Crippen MR) is 144 cm³/mol. The summed E-state index contributed by atoms with van der Waals surface area (Å²) in [4.78, 5) is 28.6. The summed E-state index contributed by atoms with van der Waals surface area (Å²) < 4.78 is 31.1. The second-order valence-corrected chi connectivity index (χ2v) is 8.97. The van der Waals surface area contributed by atoms with Crippen LogP contribution in [0.15, 0.2) is 72.8 Å². The first-order valence-corrected chi connectivity index (χ1v) is 12.6. The van der Waals surface area contributed by atoms with Gasteiger partial charge in [-0.15, -0.1) is 0 Å². The Kier molecular flexibility index (Phi) is 10.5. The smallest absolute Gasteiger partial charge is 0.261 e. The molecule has 0 heterocycles. The maximum atomic E-state index is 14.7. The summed E-state index contributed by atoms with van der Waals surface area (Å²) in [5.74, 6) is 0.148. The number of carbonyl (C=O) groups is 2. The minimum Gasteiger partial charge on any atom is -0.496 e. The number of carbonyl (C=O) groups excluding carboxylic acids is 2. The van der Waals surface area contributed by atoms with Crippen molar-refractivity contribution in [1.29, 1.82) is 0 Å². The largest absolute Gasteiger partial charge is 0.496 e. The lowest BCUT2D eigenvalue weighted by molar-refractivity contribution is -0.143. The van der Waals surface area contributed by atoms with Crippen molar-refractivity contribution < 1.29 is 28.2 Å². The van der Waals surface area contributed by atoms with Crippen LogP contribution in [-0.4, -0.2) is 49.6 Å². The zero-order valence-corrected chi connectivity index (χ0v) is 22.3. The highest BCUT2D eigenvalue weighted by molar-refractivity contribution is 5.88. The van der Waals surface area contributed by atoms with Crippen LogP contribution in [0.2, 0.25) is 0 Å². The van der Waals surface area contributed by atoms with Crippen LogP contribution in [0.1, 0.15) is 31.4 Å². The Labute approximate surface area is 223 Å². The van der Waals surface area contributed by atoms with Gasteiger partial charge in [0.15, 0.2) is 6.61 Å². The molecule has 3 aromatic rings. The zero-order chi connectivity index (χ0) is 27.5. The molecule has 3 aromatic carbocycles. The second kappa shape index (κ2) is 14.0. The number of benzene rings is 3. The van der Waals surface area contributed by atoms with Crippen LogP contribution in [0, 0.1) is 5.82 Å². The Balaban J connectivity index is 1.94. The molecule has 202 valence electrons. The SMILES string of the molecule is CC[C@H](C)NC(=O)[C@H](Cc1ccccc1)N(Cc1ccccc1F)C(=O)COc1cc(OC)cc(OC)c1. The summed E-state index contributed by atoms with van der Waals surface area (Å²) in [5, 5.41) is 2.99. The molecule has 8 heteroatoms. The number of methoxy groups -OCH3 is 2. The molecule has 0 aliphatic heterocycles. The topological polar surface area (TPSA) is 77.1 Å². The van der Waals surface area contributed by atoms with Crippen molar-refractivity contribution >= 4 is 11.8 Å². The number of nitrogens with zero attached hydrogens (tertiary/aromatic N) is 1. The molecule has 38 heavy (non-hydrogen) atoms. The van der Waals surface area contributed by atoms with Gasteiger partial charge in [-0.1, -0.05) is 55.5 Å². The minimum absolute atomic E-state index is 0.0910. The summed E-state index contributed by atoms with van der Waals surface area (Å²) in [6.07, 6.45) is 0.988. The van der Waals surface area contributed by atoms with Crippen LogP contribution in [0.5, 0.6) is 17.2 Å². The highest BCUT2D eigenvalue weighted by Crippen LogP contribution is 2.27. The van der Waals surface area contributed by atoms with Crippen molar-refractivity contribution in [3.05, 3.63) is 89.7 Å². The highest BCUT2D eigenvalue weighted by Gasteiger charge is 2.31. The predicted octanol–water partition coefficient (Wildman–Crippen LogP) is 4.78. The van der Waals surface area contributed by atoms with E-state index in [-0.39, 0.29) is 31.5 Å². The Morgan fingerprint density at radius 2 is 1.53 bits per heavy atom. The minimum atomic E-state index is -0.887. The summed E-state index contributed by atoms with van der Waals surface area (Å²) in [6, 6.07) is 19.6. The van der Waals surface area contributed by atoms with Crippen molar-refractivity contribution in [3.63, 3.8) is 0 Å². The number of hydrogen-bond acceptors (Lipinski definition) is 5. The van der Waals surface area contributed by atoms with Gasteiger partial charge in [0.25, 0.3) is 5.91 Å². The number of amides is 2. The molecule has 0 bridgehead atoms. The lowest BCUT2D eigenvalue weighted by Gasteiger charge is -2.32. The third-order valence-corrected chi connectivity index (χ3v) is 6.26. The van der Waals surface area contributed by atoms with Gasteiger partial charge in [0.2, 0.25) is 5.91 Å². The van der Waals surface area contributed by atoms with Crippen LogP contribution in [0.4, 0.5) is 4.39 Å². The molecule has 0 saturated carbocycles. The number of rotatable bonds is 13. The second-order valence-electron chi connectivity index (χ2n) is 8.97. The fourth-order valence-corrected chi connectivity index (χ4v) is 3.90.